The van der Waals surface area contributed by atoms with Gasteiger partial charge in [0.2, 0.25) is 0 Å². The Morgan fingerprint density at radius 1 is 1.20 bits per heavy atom. The van der Waals surface area contributed by atoms with E-state index < -0.39 is 35.3 Å². The van der Waals surface area contributed by atoms with Crippen LogP contribution in [0.2, 0.25) is 0 Å². The molecule has 7 heteroatoms. The summed E-state index contributed by atoms with van der Waals surface area (Å²) < 4.78 is 31.1. The minimum absolute atomic E-state index is 0.221. The zero-order valence-corrected chi connectivity index (χ0v) is 11.2. The molecule has 0 heterocycles. The van der Waals surface area contributed by atoms with Gasteiger partial charge in [-0.2, -0.15) is 0 Å². The van der Waals surface area contributed by atoms with Crippen molar-refractivity contribution >= 4 is 12.1 Å². The van der Waals surface area contributed by atoms with E-state index in [0.29, 0.717) is 6.07 Å². The minimum Gasteiger partial charge on any atom is -0.479 e. The molecule has 2 N–H and O–H groups in total. The molecule has 0 bridgehead atoms. The first kappa shape index (κ1) is 15.9. The van der Waals surface area contributed by atoms with Crippen molar-refractivity contribution in [1.29, 1.82) is 0 Å². The predicted octanol–water partition coefficient (Wildman–Crippen LogP) is 2.62. The molecule has 0 aliphatic heterocycles. The maximum atomic E-state index is 13.1. The number of amides is 1. The number of carbonyl (C=O) groups is 2. The van der Waals surface area contributed by atoms with E-state index in [4.69, 9.17) is 9.84 Å². The van der Waals surface area contributed by atoms with Crippen molar-refractivity contribution in [2.75, 3.05) is 0 Å². The Hall–Kier alpha value is -2.18. The molecule has 0 aromatic heterocycles. The Morgan fingerprint density at radius 3 is 2.10 bits per heavy atom. The van der Waals surface area contributed by atoms with Crippen molar-refractivity contribution in [1.82, 2.24) is 5.32 Å². The summed E-state index contributed by atoms with van der Waals surface area (Å²) in [5, 5.41) is 11.1. The first-order valence-electron chi connectivity index (χ1n) is 5.77. The van der Waals surface area contributed by atoms with Crippen LogP contribution in [-0.4, -0.2) is 22.8 Å². The number of alkyl carbamates (subject to hydrolysis) is 1. The summed E-state index contributed by atoms with van der Waals surface area (Å²) in [5.74, 6) is -3.32. The number of aliphatic carboxylic acids is 1. The normalized spacial score (nSPS) is 12.7. The summed E-state index contributed by atoms with van der Waals surface area (Å²) in [6.07, 6.45) is -0.991. The molecule has 0 saturated carbocycles. The monoisotopic (exact) mass is 287 g/mol. The predicted molar refractivity (Wildman–Crippen MR) is 66.1 cm³/mol. The lowest BCUT2D eigenvalue weighted by atomic mass is 10.1. The third-order valence-corrected chi connectivity index (χ3v) is 2.13. The van der Waals surface area contributed by atoms with Crippen LogP contribution < -0.4 is 5.32 Å². The van der Waals surface area contributed by atoms with Crippen LogP contribution in [0.25, 0.3) is 0 Å². The van der Waals surface area contributed by atoms with Crippen molar-refractivity contribution in [2.24, 2.45) is 0 Å². The lowest BCUT2D eigenvalue weighted by Gasteiger charge is -2.22. The van der Waals surface area contributed by atoms with Gasteiger partial charge in [0, 0.05) is 6.07 Å². The maximum absolute atomic E-state index is 13.1. The smallest absolute Gasteiger partial charge is 0.408 e. The Labute approximate surface area is 114 Å². The van der Waals surface area contributed by atoms with Gasteiger partial charge in [-0.25, -0.2) is 18.4 Å². The zero-order valence-electron chi connectivity index (χ0n) is 11.2. The Kier molecular flexibility index (Phi) is 4.65. The summed E-state index contributed by atoms with van der Waals surface area (Å²) in [5.41, 5.74) is -1.04. The Morgan fingerprint density at radius 2 is 1.70 bits per heavy atom. The lowest BCUT2D eigenvalue weighted by molar-refractivity contribution is -0.139. The number of rotatable bonds is 3. The molecule has 0 fully saturated rings. The van der Waals surface area contributed by atoms with Gasteiger partial charge in [0.1, 0.15) is 17.2 Å². The van der Waals surface area contributed by atoms with Crippen LogP contribution in [-0.2, 0) is 9.53 Å². The Balaban J connectivity index is 2.95. The quantitative estimate of drug-likeness (QED) is 0.896. The number of carboxylic acid groups (broad SMARTS) is 1. The lowest BCUT2D eigenvalue weighted by Crippen LogP contribution is -2.38. The molecule has 0 unspecified atom stereocenters. The van der Waals surface area contributed by atoms with Gasteiger partial charge in [-0.3, -0.25) is 0 Å². The van der Waals surface area contributed by atoms with Gasteiger partial charge < -0.3 is 15.2 Å². The number of hydrogen-bond acceptors (Lipinski definition) is 3. The highest BCUT2D eigenvalue weighted by Gasteiger charge is 2.26. The second-order valence-corrected chi connectivity index (χ2v) is 5.12. The first-order valence-corrected chi connectivity index (χ1v) is 5.77. The number of benzene rings is 1. The van der Waals surface area contributed by atoms with E-state index in [1.54, 1.807) is 20.8 Å². The van der Waals surface area contributed by atoms with Gasteiger partial charge in [-0.05, 0) is 38.5 Å². The average molecular weight is 287 g/mol. The fourth-order valence-electron chi connectivity index (χ4n) is 1.45. The van der Waals surface area contributed by atoms with E-state index in [2.05, 4.69) is 0 Å². The van der Waals surface area contributed by atoms with Gasteiger partial charge in [0.05, 0.1) is 0 Å². The van der Waals surface area contributed by atoms with Crippen LogP contribution in [0.3, 0.4) is 0 Å². The molecule has 1 aromatic rings. The highest BCUT2D eigenvalue weighted by atomic mass is 19.1. The molecule has 110 valence electrons. The third-order valence-electron chi connectivity index (χ3n) is 2.13. The average Bonchev–Trinajstić information content (AvgIpc) is 2.21. The highest BCUT2D eigenvalue weighted by Crippen LogP contribution is 2.18. The molecule has 1 amide bonds. The number of carbonyl (C=O) groups excluding carboxylic acids is 1. The fraction of sp³-hybridized carbons (Fsp3) is 0.385. The molecular weight excluding hydrogens is 272 g/mol. The van der Waals surface area contributed by atoms with Crippen molar-refractivity contribution in [3.63, 3.8) is 0 Å². The van der Waals surface area contributed by atoms with E-state index in [-0.39, 0.29) is 5.56 Å². The number of nitrogens with one attached hydrogen (secondary N) is 1. The molecular formula is C13H15F2NO4. The molecule has 1 atom stereocenters. The molecule has 0 aliphatic carbocycles. The highest BCUT2D eigenvalue weighted by molar-refractivity contribution is 5.81. The molecule has 1 aromatic carbocycles. The second kappa shape index (κ2) is 5.85. The Bertz CT molecular complexity index is 505. The van der Waals surface area contributed by atoms with Crippen LogP contribution in [0.4, 0.5) is 13.6 Å². The minimum atomic E-state index is -1.60. The number of halogens is 2. The summed E-state index contributed by atoms with van der Waals surface area (Å²) in [6.45, 7) is 4.80. The van der Waals surface area contributed by atoms with Crippen molar-refractivity contribution < 1.29 is 28.2 Å². The zero-order chi connectivity index (χ0) is 15.5. The number of ether oxygens (including phenoxy) is 1. The molecule has 0 saturated heterocycles. The number of carboxylic acids is 1. The second-order valence-electron chi connectivity index (χ2n) is 5.12. The molecule has 5 nitrogen and oxygen atoms in total. The van der Waals surface area contributed by atoms with E-state index in [1.165, 1.54) is 0 Å². The summed E-state index contributed by atoms with van der Waals surface area (Å²) in [4.78, 5) is 22.6. The SMILES string of the molecule is CC(C)(C)OC(=O)N[C@H](C(=O)O)c1cc(F)cc(F)c1. The number of hydrogen-bond donors (Lipinski definition) is 2. The van der Waals surface area contributed by atoms with Crippen LogP contribution >= 0.6 is 0 Å². The van der Waals surface area contributed by atoms with Crippen LogP contribution in [0, 0.1) is 11.6 Å². The molecule has 20 heavy (non-hydrogen) atoms. The van der Waals surface area contributed by atoms with Gasteiger partial charge in [0.15, 0.2) is 6.04 Å². The van der Waals surface area contributed by atoms with Crippen molar-refractivity contribution in [3.05, 3.63) is 35.4 Å². The van der Waals surface area contributed by atoms with Crippen molar-refractivity contribution in [3.8, 4) is 0 Å². The van der Waals surface area contributed by atoms with Crippen LogP contribution in [0.15, 0.2) is 18.2 Å². The fourth-order valence-corrected chi connectivity index (χ4v) is 1.45. The summed E-state index contributed by atoms with van der Waals surface area (Å²) in [7, 11) is 0. The molecule has 0 spiro atoms. The van der Waals surface area contributed by atoms with E-state index in [1.807, 2.05) is 5.32 Å². The largest absolute Gasteiger partial charge is 0.479 e. The van der Waals surface area contributed by atoms with E-state index in [0.717, 1.165) is 12.1 Å². The van der Waals surface area contributed by atoms with E-state index in [9.17, 15) is 18.4 Å². The third kappa shape index (κ3) is 4.83. The maximum Gasteiger partial charge on any atom is 0.408 e. The standard InChI is InChI=1S/C13H15F2NO4/c1-13(2,3)20-12(19)16-10(11(17)18)7-4-8(14)6-9(15)5-7/h4-6,10H,1-3H3,(H,16,19)(H,17,18)/t10-/m0/s1. The first-order chi connectivity index (χ1) is 9.08. The topological polar surface area (TPSA) is 75.6 Å². The summed E-state index contributed by atoms with van der Waals surface area (Å²) >= 11 is 0. The van der Waals surface area contributed by atoms with E-state index >= 15 is 0 Å². The molecule has 1 rings (SSSR count). The van der Waals surface area contributed by atoms with Gasteiger partial charge in [-0.15, -0.1) is 0 Å². The van der Waals surface area contributed by atoms with Crippen LogP contribution in [0.1, 0.15) is 32.4 Å². The molecule has 0 radical (unpaired) electrons. The van der Waals surface area contributed by atoms with Crippen molar-refractivity contribution in [2.45, 2.75) is 32.4 Å². The van der Waals surface area contributed by atoms with Crippen LogP contribution in [0.5, 0.6) is 0 Å². The van der Waals surface area contributed by atoms with Gasteiger partial charge >= 0.3 is 12.1 Å². The van der Waals surface area contributed by atoms with Gasteiger partial charge in [0.25, 0.3) is 0 Å². The summed E-state index contributed by atoms with van der Waals surface area (Å²) in [6, 6.07) is 0.670. The van der Waals surface area contributed by atoms with Gasteiger partial charge in [-0.1, -0.05) is 0 Å². The molecule has 0 aliphatic rings.